The largest absolute Gasteiger partial charge is 0.349 e. The van der Waals surface area contributed by atoms with Gasteiger partial charge in [0.2, 0.25) is 0 Å². The van der Waals surface area contributed by atoms with Crippen molar-refractivity contribution < 1.29 is 26.9 Å². The fourth-order valence-corrected chi connectivity index (χ4v) is 1.38. The van der Waals surface area contributed by atoms with E-state index >= 15 is 0 Å². The smallest absolute Gasteiger partial charge is 0.102 e. The Kier molecular flexibility index (Phi) is 18.6. The Labute approximate surface area is 173 Å². The molecular weight excluding hydrogens is 409 g/mol. The van der Waals surface area contributed by atoms with E-state index < -0.39 is 0 Å². The van der Waals surface area contributed by atoms with E-state index in [4.69, 9.17) is 10.4 Å². The Bertz CT molecular complexity index is 598. The quantitative estimate of drug-likeness (QED) is 0.164. The zero-order valence-corrected chi connectivity index (χ0v) is 17.1. The number of H-pyrrole nitrogens is 4. The van der Waals surface area contributed by atoms with E-state index in [-0.39, 0.29) is 16.5 Å². The normalized spacial score (nSPS) is 8.21. The molecule has 0 aliphatic rings. The van der Waals surface area contributed by atoms with Gasteiger partial charge < -0.3 is 19.9 Å². The Morgan fingerprint density at radius 3 is 0.786 bits per heavy atom. The molecule has 0 unspecified atom stereocenters. The summed E-state index contributed by atoms with van der Waals surface area (Å²) < 4.78 is 0. The van der Waals surface area contributed by atoms with Crippen molar-refractivity contribution in [2.24, 2.45) is 0 Å². The molecule has 28 heavy (non-hydrogen) atoms. The molecule has 4 heterocycles. The predicted molar refractivity (Wildman–Crippen MR) is 100 cm³/mol. The van der Waals surface area contributed by atoms with Crippen LogP contribution >= 0.6 is 0 Å². The minimum atomic E-state index is 0. The molecule has 0 fully saturated rings. The number of nitrogens with one attached hydrogen (secondary N) is 5. The van der Waals surface area contributed by atoms with Crippen molar-refractivity contribution in [1.29, 1.82) is 0 Å². The van der Waals surface area contributed by atoms with Gasteiger partial charge in [0.15, 0.2) is 0 Å². The first-order valence-corrected chi connectivity index (χ1v) is 7.86. The Morgan fingerprint density at radius 1 is 0.571 bits per heavy atom. The van der Waals surface area contributed by atoms with Crippen molar-refractivity contribution in [3.8, 4) is 0 Å². The zero-order chi connectivity index (χ0) is 20.3. The second-order valence-electron chi connectivity index (χ2n) is 4.80. The van der Waals surface area contributed by atoms with E-state index in [1.807, 2.05) is 27.7 Å². The maximum Gasteiger partial charge on any atom is 0.102 e. The third-order valence-electron chi connectivity index (χ3n) is 2.54. The summed E-state index contributed by atoms with van der Waals surface area (Å²) >= 11 is 0. The van der Waals surface area contributed by atoms with Crippen LogP contribution in [0.1, 0.15) is 23.3 Å². The van der Waals surface area contributed by atoms with E-state index in [1.165, 1.54) is 0 Å². The second kappa shape index (κ2) is 19.0. The fourth-order valence-electron chi connectivity index (χ4n) is 1.38. The second-order valence-corrected chi connectivity index (χ2v) is 4.80. The molecule has 4 aromatic rings. The first-order chi connectivity index (χ1) is 13.0. The summed E-state index contributed by atoms with van der Waals surface area (Å²) in [7, 11) is 0. The molecule has 0 saturated heterocycles. The number of imidazole rings is 4. The molecule has 158 valence electrons. The average molecular weight is 436 g/mol. The van der Waals surface area contributed by atoms with Crippen LogP contribution in [0.4, 0.5) is 0 Å². The van der Waals surface area contributed by atoms with Crippen molar-refractivity contribution in [2.75, 3.05) is 0 Å². The van der Waals surface area contributed by atoms with Gasteiger partial charge in [-0.3, -0.25) is 10.4 Å². The van der Waals surface area contributed by atoms with Crippen LogP contribution in [-0.4, -0.2) is 50.3 Å². The molecule has 12 heteroatoms. The molecule has 0 spiro atoms. The van der Waals surface area contributed by atoms with E-state index in [2.05, 4.69) is 39.9 Å². The Balaban J connectivity index is 0. The number of aromatic nitrogens is 8. The minimum absolute atomic E-state index is 0. The molecule has 7 N–H and O–H groups in total. The maximum atomic E-state index is 6.88. The molecular formula is C16H27N9NiO2. The van der Waals surface area contributed by atoms with E-state index in [9.17, 15) is 0 Å². The van der Waals surface area contributed by atoms with Gasteiger partial charge in [0.25, 0.3) is 0 Å². The van der Waals surface area contributed by atoms with Gasteiger partial charge >= 0.3 is 0 Å². The van der Waals surface area contributed by atoms with Crippen LogP contribution in [0.2, 0.25) is 0 Å². The van der Waals surface area contributed by atoms with Gasteiger partial charge in [-0.05, 0) is 27.7 Å². The van der Waals surface area contributed by atoms with Crippen LogP contribution in [-0.2, 0) is 16.5 Å². The summed E-state index contributed by atoms with van der Waals surface area (Å²) in [4.78, 5) is 27.0. The number of hydrogen-bond donors (Lipinski definition) is 7. The van der Waals surface area contributed by atoms with Gasteiger partial charge in [0.05, 0.1) is 0 Å². The number of aryl methyl sites for hydroxylation is 4. The molecule has 11 nitrogen and oxygen atoms in total. The summed E-state index contributed by atoms with van der Waals surface area (Å²) in [5.41, 5.74) is 0.750. The van der Waals surface area contributed by atoms with Crippen molar-refractivity contribution in [3.05, 3.63) is 72.9 Å². The van der Waals surface area contributed by atoms with Gasteiger partial charge in [-0.2, -0.15) is 0 Å². The van der Waals surface area contributed by atoms with E-state index in [0.29, 0.717) is 0 Å². The number of aromatic amines is 4. The number of nitrogens with zero attached hydrogens (tertiary/aromatic N) is 4. The molecule has 0 aromatic carbocycles. The van der Waals surface area contributed by atoms with Crippen molar-refractivity contribution in [2.45, 2.75) is 27.7 Å². The molecule has 0 amide bonds. The molecule has 0 aliphatic heterocycles. The van der Waals surface area contributed by atoms with Crippen LogP contribution in [0.5, 0.6) is 0 Å². The van der Waals surface area contributed by atoms with Gasteiger partial charge in [-0.1, -0.05) is 5.64 Å². The zero-order valence-electron chi connectivity index (χ0n) is 16.1. The molecule has 0 bridgehead atoms. The summed E-state index contributed by atoms with van der Waals surface area (Å²) in [6.07, 6.45) is 14.1. The molecule has 0 saturated carbocycles. The maximum absolute atomic E-state index is 6.88. The molecule has 0 atom stereocenters. The SMILES string of the molecule is Cc1ncc[nH]1.Cc1ncc[nH]1.Cc1ncc[nH]1.Cc1ncc[nH]1.ONO.[Ni]. The standard InChI is InChI=1S/4C4H6N2.H3NO2.Ni/c4*1-4-5-2-3-6-4;2-1-3;/h4*2-3H,1H3,(H,5,6);1-3H;. The summed E-state index contributed by atoms with van der Waals surface area (Å²) in [5.74, 6) is 3.87. The third kappa shape index (κ3) is 18.0. The Hall–Kier alpha value is -2.79. The monoisotopic (exact) mass is 435 g/mol. The van der Waals surface area contributed by atoms with Crippen molar-refractivity contribution >= 4 is 0 Å². The summed E-state index contributed by atoms with van der Waals surface area (Å²) in [6, 6.07) is 0. The first-order valence-electron chi connectivity index (χ1n) is 7.86. The number of hydrogen-bond acceptors (Lipinski definition) is 7. The third-order valence-corrected chi connectivity index (χ3v) is 2.54. The van der Waals surface area contributed by atoms with Gasteiger partial charge in [0.1, 0.15) is 23.3 Å². The topological polar surface area (TPSA) is 167 Å². The molecule has 0 aliphatic carbocycles. The predicted octanol–water partition coefficient (Wildman–Crippen LogP) is 2.22. The van der Waals surface area contributed by atoms with E-state index in [1.54, 1.807) is 49.6 Å². The van der Waals surface area contributed by atoms with Gasteiger partial charge in [-0.25, -0.2) is 19.9 Å². The van der Waals surface area contributed by atoms with Gasteiger partial charge in [-0.15, -0.1) is 0 Å². The van der Waals surface area contributed by atoms with Crippen molar-refractivity contribution in [1.82, 2.24) is 45.5 Å². The van der Waals surface area contributed by atoms with Gasteiger partial charge in [0, 0.05) is 66.1 Å². The summed E-state index contributed by atoms with van der Waals surface area (Å²) in [6.45, 7) is 7.67. The minimum Gasteiger partial charge on any atom is -0.349 e. The van der Waals surface area contributed by atoms with E-state index in [0.717, 1.165) is 28.9 Å². The molecule has 0 radical (unpaired) electrons. The average Bonchev–Trinajstić information content (AvgIpc) is 3.41. The van der Waals surface area contributed by atoms with Crippen LogP contribution in [0.25, 0.3) is 0 Å². The Morgan fingerprint density at radius 2 is 0.750 bits per heavy atom. The fraction of sp³-hybridized carbons (Fsp3) is 0.250. The summed E-state index contributed by atoms with van der Waals surface area (Å²) in [5, 5.41) is 13.8. The van der Waals surface area contributed by atoms with Crippen LogP contribution in [0.3, 0.4) is 0 Å². The van der Waals surface area contributed by atoms with Crippen LogP contribution < -0.4 is 5.64 Å². The first kappa shape index (κ1) is 27.4. The van der Waals surface area contributed by atoms with Crippen molar-refractivity contribution in [3.63, 3.8) is 0 Å². The number of rotatable bonds is 0. The van der Waals surface area contributed by atoms with Crippen LogP contribution in [0, 0.1) is 27.7 Å². The molecule has 4 aromatic heterocycles. The molecule has 4 rings (SSSR count). The van der Waals surface area contributed by atoms with Crippen LogP contribution in [0.15, 0.2) is 49.6 Å².